The van der Waals surface area contributed by atoms with E-state index in [-0.39, 0.29) is 0 Å². The van der Waals surface area contributed by atoms with Crippen molar-refractivity contribution < 1.29 is 4.74 Å². The number of benzene rings is 1. The van der Waals surface area contributed by atoms with Crippen molar-refractivity contribution in [3.05, 3.63) is 53.3 Å². The van der Waals surface area contributed by atoms with Gasteiger partial charge in [-0.3, -0.25) is 4.98 Å². The molecule has 2 aromatic rings. The van der Waals surface area contributed by atoms with Crippen molar-refractivity contribution >= 4 is 0 Å². The minimum absolute atomic E-state index is 0.620. The zero-order valence-corrected chi connectivity index (χ0v) is 10.8. The van der Waals surface area contributed by atoms with Gasteiger partial charge >= 0.3 is 0 Å². The Morgan fingerprint density at radius 1 is 1.00 bits per heavy atom. The monoisotopic (exact) mass is 242 g/mol. The summed E-state index contributed by atoms with van der Waals surface area (Å²) in [6.45, 7) is 4.74. The smallest absolute Gasteiger partial charge is 0.145 e. The molecule has 0 fully saturated rings. The van der Waals surface area contributed by atoms with Gasteiger partial charge in [0.05, 0.1) is 6.20 Å². The summed E-state index contributed by atoms with van der Waals surface area (Å²) in [5.41, 5.74) is 9.01. The Hall–Kier alpha value is -1.87. The zero-order chi connectivity index (χ0) is 13.0. The maximum atomic E-state index is 5.82. The number of hydrogen-bond donors (Lipinski definition) is 1. The third-order valence-electron chi connectivity index (χ3n) is 2.63. The molecule has 0 bridgehead atoms. The molecule has 0 unspecified atom stereocenters. The summed E-state index contributed by atoms with van der Waals surface area (Å²) in [5, 5.41) is 0. The fourth-order valence-corrected chi connectivity index (χ4v) is 1.95. The third kappa shape index (κ3) is 3.31. The lowest BCUT2D eigenvalue weighted by Gasteiger charge is -2.08. The summed E-state index contributed by atoms with van der Waals surface area (Å²) in [6.07, 6.45) is 4.36. The van der Waals surface area contributed by atoms with Gasteiger partial charge in [-0.2, -0.15) is 0 Å². The number of hydrogen-bond acceptors (Lipinski definition) is 3. The minimum atomic E-state index is 0.620. The van der Waals surface area contributed by atoms with Crippen molar-refractivity contribution in [2.24, 2.45) is 5.73 Å². The quantitative estimate of drug-likeness (QED) is 0.896. The number of ether oxygens (including phenoxy) is 1. The predicted molar refractivity (Wildman–Crippen MR) is 73.0 cm³/mol. The van der Waals surface area contributed by atoms with E-state index in [1.54, 1.807) is 6.20 Å². The fraction of sp³-hybridized carbons (Fsp3) is 0.267. The molecular weight excluding hydrogens is 224 g/mol. The molecule has 0 amide bonds. The van der Waals surface area contributed by atoms with Crippen LogP contribution in [-0.4, -0.2) is 11.5 Å². The van der Waals surface area contributed by atoms with E-state index in [0.29, 0.717) is 6.54 Å². The zero-order valence-electron chi connectivity index (χ0n) is 10.8. The highest BCUT2D eigenvalue weighted by Gasteiger charge is 2.01. The molecule has 0 saturated heterocycles. The molecule has 0 aliphatic heterocycles. The molecule has 0 saturated carbocycles. The summed E-state index contributed by atoms with van der Waals surface area (Å²) in [5.74, 6) is 1.60. The molecular formula is C15H18N2O. The minimum Gasteiger partial charge on any atom is -0.456 e. The molecule has 1 aromatic carbocycles. The van der Waals surface area contributed by atoms with Gasteiger partial charge in [0.15, 0.2) is 0 Å². The summed E-state index contributed by atoms with van der Waals surface area (Å²) in [4.78, 5) is 4.16. The van der Waals surface area contributed by atoms with Gasteiger partial charge < -0.3 is 10.5 Å². The van der Waals surface area contributed by atoms with Crippen LogP contribution in [0.4, 0.5) is 0 Å². The lowest BCUT2D eigenvalue weighted by molar-refractivity contribution is 0.478. The normalized spacial score (nSPS) is 10.4. The van der Waals surface area contributed by atoms with E-state index in [2.05, 4.69) is 24.9 Å². The van der Waals surface area contributed by atoms with Gasteiger partial charge in [-0.25, -0.2) is 0 Å². The van der Waals surface area contributed by atoms with Crippen LogP contribution < -0.4 is 10.5 Å². The molecule has 1 heterocycles. The van der Waals surface area contributed by atoms with Crippen LogP contribution in [0.5, 0.6) is 11.5 Å². The molecule has 0 aliphatic rings. The molecule has 0 aliphatic carbocycles. The average Bonchev–Trinajstić information content (AvgIpc) is 2.28. The van der Waals surface area contributed by atoms with Crippen molar-refractivity contribution in [1.29, 1.82) is 0 Å². The number of aromatic nitrogens is 1. The van der Waals surface area contributed by atoms with Crippen molar-refractivity contribution in [2.45, 2.75) is 20.3 Å². The topological polar surface area (TPSA) is 48.1 Å². The van der Waals surface area contributed by atoms with Crippen molar-refractivity contribution in [3.8, 4) is 11.5 Å². The number of aryl methyl sites for hydroxylation is 2. The van der Waals surface area contributed by atoms with E-state index < -0.39 is 0 Å². The molecule has 3 nitrogen and oxygen atoms in total. The average molecular weight is 242 g/mol. The van der Waals surface area contributed by atoms with E-state index in [1.165, 1.54) is 11.1 Å². The molecule has 3 heteroatoms. The van der Waals surface area contributed by atoms with Gasteiger partial charge in [0.25, 0.3) is 0 Å². The SMILES string of the molecule is Cc1cc(C)cc(Oc2cncc(CCN)c2)c1. The Morgan fingerprint density at radius 3 is 2.39 bits per heavy atom. The van der Waals surface area contributed by atoms with Crippen molar-refractivity contribution in [1.82, 2.24) is 4.98 Å². The van der Waals surface area contributed by atoms with Crippen LogP contribution in [0, 0.1) is 13.8 Å². The van der Waals surface area contributed by atoms with Crippen molar-refractivity contribution in [3.63, 3.8) is 0 Å². The fourth-order valence-electron chi connectivity index (χ4n) is 1.95. The van der Waals surface area contributed by atoms with Gasteiger partial charge in [-0.15, -0.1) is 0 Å². The van der Waals surface area contributed by atoms with Crippen LogP contribution in [0.2, 0.25) is 0 Å². The summed E-state index contributed by atoms with van der Waals surface area (Å²) in [6, 6.07) is 8.14. The largest absolute Gasteiger partial charge is 0.456 e. The van der Waals surface area contributed by atoms with Gasteiger partial charge in [0.2, 0.25) is 0 Å². The van der Waals surface area contributed by atoms with E-state index in [4.69, 9.17) is 10.5 Å². The highest BCUT2D eigenvalue weighted by Crippen LogP contribution is 2.23. The number of pyridine rings is 1. The highest BCUT2D eigenvalue weighted by atomic mass is 16.5. The Kier molecular flexibility index (Phi) is 3.95. The van der Waals surface area contributed by atoms with E-state index in [1.807, 2.05) is 24.4 Å². The summed E-state index contributed by atoms with van der Waals surface area (Å²) < 4.78 is 5.82. The highest BCUT2D eigenvalue weighted by molar-refractivity contribution is 5.37. The number of rotatable bonds is 4. The van der Waals surface area contributed by atoms with Crippen molar-refractivity contribution in [2.75, 3.05) is 6.54 Å². The Bertz CT molecular complexity index is 518. The van der Waals surface area contributed by atoms with Gasteiger partial charge in [0.1, 0.15) is 11.5 Å². The maximum Gasteiger partial charge on any atom is 0.145 e. The van der Waals surface area contributed by atoms with Crippen LogP contribution in [0.25, 0.3) is 0 Å². The standard InChI is InChI=1S/C15H18N2O/c1-11-5-12(2)7-14(6-11)18-15-8-13(3-4-16)9-17-10-15/h5-10H,3-4,16H2,1-2H3. The first kappa shape index (κ1) is 12.6. The molecule has 2 N–H and O–H groups in total. The lowest BCUT2D eigenvalue weighted by atomic mass is 10.1. The Morgan fingerprint density at radius 2 is 1.72 bits per heavy atom. The first-order chi connectivity index (χ1) is 8.67. The number of nitrogens with zero attached hydrogens (tertiary/aromatic N) is 1. The van der Waals surface area contributed by atoms with Gasteiger partial charge in [-0.05, 0) is 61.7 Å². The Balaban J connectivity index is 2.20. The summed E-state index contributed by atoms with van der Waals surface area (Å²) >= 11 is 0. The van der Waals surface area contributed by atoms with Crippen LogP contribution >= 0.6 is 0 Å². The maximum absolute atomic E-state index is 5.82. The number of nitrogens with two attached hydrogens (primary N) is 1. The third-order valence-corrected chi connectivity index (χ3v) is 2.63. The molecule has 1 aromatic heterocycles. The van der Waals surface area contributed by atoms with Crippen LogP contribution in [0.1, 0.15) is 16.7 Å². The molecule has 18 heavy (non-hydrogen) atoms. The second-order valence-corrected chi connectivity index (χ2v) is 4.49. The van der Waals surface area contributed by atoms with E-state index >= 15 is 0 Å². The van der Waals surface area contributed by atoms with Crippen LogP contribution in [-0.2, 0) is 6.42 Å². The summed E-state index contributed by atoms with van der Waals surface area (Å²) in [7, 11) is 0. The van der Waals surface area contributed by atoms with Gasteiger partial charge in [-0.1, -0.05) is 6.07 Å². The lowest BCUT2D eigenvalue weighted by Crippen LogP contribution is -2.03. The molecule has 2 rings (SSSR count). The first-order valence-corrected chi connectivity index (χ1v) is 6.07. The van der Waals surface area contributed by atoms with E-state index in [0.717, 1.165) is 23.5 Å². The first-order valence-electron chi connectivity index (χ1n) is 6.07. The van der Waals surface area contributed by atoms with Crippen LogP contribution in [0.3, 0.4) is 0 Å². The predicted octanol–water partition coefficient (Wildman–Crippen LogP) is 2.99. The molecule has 0 spiro atoms. The molecule has 0 radical (unpaired) electrons. The van der Waals surface area contributed by atoms with Gasteiger partial charge in [0, 0.05) is 6.20 Å². The Labute approximate surface area is 108 Å². The molecule has 0 atom stereocenters. The molecule has 94 valence electrons. The second kappa shape index (κ2) is 5.65. The van der Waals surface area contributed by atoms with E-state index in [9.17, 15) is 0 Å². The van der Waals surface area contributed by atoms with Crippen LogP contribution in [0.15, 0.2) is 36.7 Å². The second-order valence-electron chi connectivity index (χ2n) is 4.49.